The zero-order chi connectivity index (χ0) is 18.7. The number of furan rings is 1. The molecular formula is C18H18N2O6. The van der Waals surface area contributed by atoms with E-state index < -0.39 is 18.0 Å². The lowest BCUT2D eigenvalue weighted by atomic mass is 10.1. The fourth-order valence-electron chi connectivity index (χ4n) is 2.47. The molecule has 2 heterocycles. The number of methoxy groups -OCH3 is 1. The number of esters is 1. The van der Waals surface area contributed by atoms with Crippen LogP contribution in [0.1, 0.15) is 28.8 Å². The van der Waals surface area contributed by atoms with E-state index in [1.54, 1.807) is 25.1 Å². The Balaban J connectivity index is 1.75. The maximum Gasteiger partial charge on any atom is 0.375 e. The first-order valence-electron chi connectivity index (χ1n) is 7.94. The summed E-state index contributed by atoms with van der Waals surface area (Å²) in [5.41, 5.74) is 1.12. The van der Waals surface area contributed by atoms with Gasteiger partial charge in [0.15, 0.2) is 11.9 Å². The largest absolute Gasteiger partial charge is 0.449 e. The van der Waals surface area contributed by atoms with Gasteiger partial charge in [0.1, 0.15) is 11.3 Å². The van der Waals surface area contributed by atoms with Gasteiger partial charge >= 0.3 is 5.97 Å². The van der Waals surface area contributed by atoms with Gasteiger partial charge in [-0.3, -0.25) is 4.79 Å². The van der Waals surface area contributed by atoms with Crippen LogP contribution in [0, 0.1) is 6.92 Å². The Labute approximate surface area is 149 Å². The van der Waals surface area contributed by atoms with E-state index in [9.17, 15) is 9.59 Å². The van der Waals surface area contributed by atoms with Crippen molar-refractivity contribution in [2.24, 2.45) is 0 Å². The van der Waals surface area contributed by atoms with E-state index in [1.165, 1.54) is 14.0 Å². The molecule has 0 saturated heterocycles. The van der Waals surface area contributed by atoms with Crippen LogP contribution in [-0.2, 0) is 20.9 Å². The summed E-state index contributed by atoms with van der Waals surface area (Å²) in [4.78, 5) is 24.6. The van der Waals surface area contributed by atoms with Crippen molar-refractivity contribution in [1.29, 1.82) is 0 Å². The average Bonchev–Trinajstić information content (AvgIpc) is 3.19. The predicted octanol–water partition coefficient (Wildman–Crippen LogP) is 3.06. The normalized spacial score (nSPS) is 12.1. The molecule has 1 aromatic carbocycles. The lowest BCUT2D eigenvalue weighted by Gasteiger charge is -2.11. The predicted molar refractivity (Wildman–Crippen MR) is 91.7 cm³/mol. The fourth-order valence-corrected chi connectivity index (χ4v) is 2.47. The Bertz CT molecular complexity index is 942. The number of hydrogen-bond donors (Lipinski definition) is 1. The third-order valence-corrected chi connectivity index (χ3v) is 3.70. The van der Waals surface area contributed by atoms with Crippen LogP contribution in [0.5, 0.6) is 0 Å². The highest BCUT2D eigenvalue weighted by Crippen LogP contribution is 2.27. The highest BCUT2D eigenvalue weighted by molar-refractivity contribution is 5.99. The van der Waals surface area contributed by atoms with Crippen molar-refractivity contribution in [1.82, 2.24) is 5.16 Å². The second kappa shape index (κ2) is 7.40. The van der Waals surface area contributed by atoms with E-state index in [-0.39, 0.29) is 18.2 Å². The van der Waals surface area contributed by atoms with E-state index >= 15 is 0 Å². The Kier molecular flexibility index (Phi) is 5.04. The highest BCUT2D eigenvalue weighted by atomic mass is 16.6. The van der Waals surface area contributed by atoms with E-state index in [2.05, 4.69) is 10.5 Å². The number of para-hydroxylation sites is 1. The molecule has 0 aliphatic heterocycles. The van der Waals surface area contributed by atoms with Crippen LogP contribution >= 0.6 is 0 Å². The van der Waals surface area contributed by atoms with Gasteiger partial charge in [0.25, 0.3) is 5.91 Å². The van der Waals surface area contributed by atoms with Crippen LogP contribution in [0.2, 0.25) is 0 Å². The van der Waals surface area contributed by atoms with Crippen LogP contribution < -0.4 is 5.32 Å². The van der Waals surface area contributed by atoms with Gasteiger partial charge in [0.05, 0.1) is 6.61 Å². The average molecular weight is 358 g/mol. The van der Waals surface area contributed by atoms with E-state index in [4.69, 9.17) is 18.4 Å². The standard InChI is InChI=1S/C18H18N2O6/c1-10-8-15(20-26-10)19-17(21)11(2)24-18(22)16-13(9-23-3)12-6-4-5-7-14(12)25-16/h4-8,11H,9H2,1-3H3,(H,19,20,21). The van der Waals surface area contributed by atoms with Crippen LogP contribution in [0.3, 0.4) is 0 Å². The minimum Gasteiger partial charge on any atom is -0.449 e. The third-order valence-electron chi connectivity index (χ3n) is 3.70. The Morgan fingerprint density at radius 3 is 2.77 bits per heavy atom. The van der Waals surface area contributed by atoms with Crippen LogP contribution in [0.4, 0.5) is 5.82 Å². The first-order valence-corrected chi connectivity index (χ1v) is 7.94. The monoisotopic (exact) mass is 358 g/mol. The smallest absolute Gasteiger partial charge is 0.375 e. The lowest BCUT2D eigenvalue weighted by molar-refractivity contribution is -0.123. The number of carbonyl (C=O) groups excluding carboxylic acids is 2. The molecule has 1 unspecified atom stereocenters. The maximum atomic E-state index is 12.5. The molecule has 3 aromatic rings. The molecule has 0 aliphatic carbocycles. The number of aryl methyl sites for hydroxylation is 1. The summed E-state index contributed by atoms with van der Waals surface area (Å²) >= 11 is 0. The molecule has 1 amide bonds. The summed E-state index contributed by atoms with van der Waals surface area (Å²) in [6.07, 6.45) is -1.05. The van der Waals surface area contributed by atoms with Crippen LogP contribution in [0.15, 0.2) is 39.3 Å². The summed E-state index contributed by atoms with van der Waals surface area (Å²) in [7, 11) is 1.52. The van der Waals surface area contributed by atoms with E-state index in [1.807, 2.05) is 12.1 Å². The number of nitrogens with zero attached hydrogens (tertiary/aromatic N) is 1. The summed E-state index contributed by atoms with van der Waals surface area (Å²) in [6, 6.07) is 8.76. The number of hydrogen-bond acceptors (Lipinski definition) is 7. The van der Waals surface area contributed by atoms with Gasteiger partial charge < -0.3 is 23.7 Å². The van der Waals surface area contributed by atoms with Gasteiger partial charge in [-0.2, -0.15) is 0 Å². The molecule has 8 nitrogen and oxygen atoms in total. The van der Waals surface area contributed by atoms with Crippen molar-refractivity contribution in [3.63, 3.8) is 0 Å². The summed E-state index contributed by atoms with van der Waals surface area (Å²) in [6.45, 7) is 3.34. The maximum absolute atomic E-state index is 12.5. The minimum absolute atomic E-state index is 0.0185. The minimum atomic E-state index is -1.05. The molecule has 1 atom stereocenters. The van der Waals surface area contributed by atoms with Crippen molar-refractivity contribution in [3.8, 4) is 0 Å². The first-order chi connectivity index (χ1) is 12.5. The molecule has 0 saturated carbocycles. The molecule has 0 spiro atoms. The van der Waals surface area contributed by atoms with Gasteiger partial charge in [-0.25, -0.2) is 4.79 Å². The van der Waals surface area contributed by atoms with Crippen molar-refractivity contribution in [3.05, 3.63) is 47.4 Å². The number of carbonyl (C=O) groups is 2. The fraction of sp³-hybridized carbons (Fsp3) is 0.278. The molecule has 0 bridgehead atoms. The number of nitrogens with one attached hydrogen (secondary N) is 1. The van der Waals surface area contributed by atoms with Crippen molar-refractivity contribution < 1.29 is 28.0 Å². The second-order valence-corrected chi connectivity index (χ2v) is 5.70. The molecule has 136 valence electrons. The lowest BCUT2D eigenvalue weighted by Crippen LogP contribution is -2.30. The van der Waals surface area contributed by atoms with Gasteiger partial charge in [0, 0.05) is 24.1 Å². The Morgan fingerprint density at radius 2 is 2.08 bits per heavy atom. The zero-order valence-electron chi connectivity index (χ0n) is 14.6. The molecule has 2 aromatic heterocycles. The number of rotatable bonds is 6. The molecule has 3 rings (SSSR count). The van der Waals surface area contributed by atoms with Crippen molar-refractivity contribution in [2.45, 2.75) is 26.6 Å². The summed E-state index contributed by atoms with van der Waals surface area (Å²) < 4.78 is 20.9. The number of amides is 1. The first kappa shape index (κ1) is 17.7. The van der Waals surface area contributed by atoms with Crippen molar-refractivity contribution >= 4 is 28.7 Å². The van der Waals surface area contributed by atoms with Crippen molar-refractivity contribution in [2.75, 3.05) is 12.4 Å². The van der Waals surface area contributed by atoms with Crippen LogP contribution in [0.25, 0.3) is 11.0 Å². The molecule has 1 N–H and O–H groups in total. The van der Waals surface area contributed by atoms with Gasteiger partial charge in [-0.15, -0.1) is 0 Å². The number of anilines is 1. The van der Waals surface area contributed by atoms with Gasteiger partial charge in [0.2, 0.25) is 5.76 Å². The van der Waals surface area contributed by atoms with Gasteiger partial charge in [-0.1, -0.05) is 23.4 Å². The van der Waals surface area contributed by atoms with E-state index in [0.717, 1.165) is 5.39 Å². The quantitative estimate of drug-likeness (QED) is 0.675. The molecular weight excluding hydrogens is 340 g/mol. The molecule has 26 heavy (non-hydrogen) atoms. The van der Waals surface area contributed by atoms with E-state index in [0.29, 0.717) is 16.9 Å². The Morgan fingerprint density at radius 1 is 1.31 bits per heavy atom. The summed E-state index contributed by atoms with van der Waals surface area (Å²) in [5.74, 6) is -0.455. The molecule has 0 aliphatic rings. The number of aromatic nitrogens is 1. The molecule has 8 heteroatoms. The van der Waals surface area contributed by atoms with Crippen LogP contribution in [-0.4, -0.2) is 30.2 Å². The highest BCUT2D eigenvalue weighted by Gasteiger charge is 2.26. The van der Waals surface area contributed by atoms with Gasteiger partial charge in [-0.05, 0) is 19.9 Å². The SMILES string of the molecule is COCc1c(C(=O)OC(C)C(=O)Nc2cc(C)on2)oc2ccccc12. The number of benzene rings is 1. The number of ether oxygens (including phenoxy) is 2. The third kappa shape index (κ3) is 3.60. The Hall–Kier alpha value is -3.13. The number of fused-ring (bicyclic) bond motifs is 1. The molecule has 0 radical (unpaired) electrons. The topological polar surface area (TPSA) is 104 Å². The summed E-state index contributed by atoms with van der Waals surface area (Å²) in [5, 5.41) is 6.93. The second-order valence-electron chi connectivity index (χ2n) is 5.70. The molecule has 0 fully saturated rings. The zero-order valence-corrected chi connectivity index (χ0v) is 14.6.